The van der Waals surface area contributed by atoms with Crippen LogP contribution >= 0.6 is 22.6 Å². The van der Waals surface area contributed by atoms with Crippen molar-refractivity contribution < 1.29 is 14.4 Å². The number of carbonyl (C=O) groups is 3. The van der Waals surface area contributed by atoms with Gasteiger partial charge in [-0.1, -0.05) is 12.1 Å². The lowest BCUT2D eigenvalue weighted by Gasteiger charge is -2.09. The van der Waals surface area contributed by atoms with Crippen molar-refractivity contribution in [3.63, 3.8) is 0 Å². The molecule has 0 spiro atoms. The van der Waals surface area contributed by atoms with Gasteiger partial charge in [0.25, 0.3) is 11.8 Å². The Labute approximate surface area is 159 Å². The number of benzene rings is 2. The third kappa shape index (κ3) is 5.56. The van der Waals surface area contributed by atoms with E-state index in [4.69, 9.17) is 0 Å². The second-order valence-electron chi connectivity index (χ2n) is 5.15. The Kier molecular flexibility index (Phi) is 6.93. The molecule has 2 rings (SSSR count). The van der Waals surface area contributed by atoms with Crippen molar-refractivity contribution in [2.24, 2.45) is 0 Å². The van der Waals surface area contributed by atoms with Crippen molar-refractivity contribution in [3.05, 3.63) is 63.2 Å². The van der Waals surface area contributed by atoms with E-state index in [1.807, 2.05) is 19.1 Å². The summed E-state index contributed by atoms with van der Waals surface area (Å²) in [4.78, 5) is 35.7. The second-order valence-corrected chi connectivity index (χ2v) is 6.31. The van der Waals surface area contributed by atoms with E-state index in [9.17, 15) is 14.4 Å². The zero-order chi connectivity index (χ0) is 18.2. The highest BCUT2D eigenvalue weighted by atomic mass is 127. The minimum Gasteiger partial charge on any atom is -0.352 e. The van der Waals surface area contributed by atoms with E-state index in [0.717, 1.165) is 3.57 Å². The Morgan fingerprint density at radius 1 is 0.920 bits per heavy atom. The number of amides is 3. The van der Waals surface area contributed by atoms with E-state index in [1.54, 1.807) is 36.4 Å². The Bertz CT molecular complexity index is 775. The monoisotopic (exact) mass is 451 g/mol. The van der Waals surface area contributed by atoms with Crippen molar-refractivity contribution in [3.8, 4) is 0 Å². The SMILES string of the molecule is CCNC(=O)c1ccc(NC(=O)CNC(=O)c2ccccc2I)cc1. The summed E-state index contributed by atoms with van der Waals surface area (Å²) < 4.78 is 0.818. The topological polar surface area (TPSA) is 87.3 Å². The molecular weight excluding hydrogens is 433 g/mol. The zero-order valence-corrected chi connectivity index (χ0v) is 15.8. The van der Waals surface area contributed by atoms with Crippen LogP contribution in [-0.2, 0) is 4.79 Å². The number of halogens is 1. The van der Waals surface area contributed by atoms with Crippen LogP contribution in [0.25, 0.3) is 0 Å². The van der Waals surface area contributed by atoms with Gasteiger partial charge in [0.1, 0.15) is 0 Å². The maximum atomic E-state index is 12.1. The molecule has 25 heavy (non-hydrogen) atoms. The third-order valence-corrected chi connectivity index (χ3v) is 4.24. The molecule has 0 bridgehead atoms. The maximum Gasteiger partial charge on any atom is 0.252 e. The van der Waals surface area contributed by atoms with Crippen molar-refractivity contribution in [2.75, 3.05) is 18.4 Å². The molecule has 3 amide bonds. The Morgan fingerprint density at radius 3 is 2.24 bits per heavy atom. The summed E-state index contributed by atoms with van der Waals surface area (Å²) in [7, 11) is 0. The summed E-state index contributed by atoms with van der Waals surface area (Å²) in [6.45, 7) is 2.26. The second kappa shape index (κ2) is 9.16. The van der Waals surface area contributed by atoms with Crippen LogP contribution < -0.4 is 16.0 Å². The Hall–Kier alpha value is -2.42. The average molecular weight is 451 g/mol. The van der Waals surface area contributed by atoms with E-state index < -0.39 is 0 Å². The highest BCUT2D eigenvalue weighted by Gasteiger charge is 2.11. The lowest BCUT2D eigenvalue weighted by molar-refractivity contribution is -0.115. The summed E-state index contributed by atoms with van der Waals surface area (Å²) in [6.07, 6.45) is 0. The number of nitrogens with one attached hydrogen (secondary N) is 3. The van der Waals surface area contributed by atoms with Gasteiger partial charge in [-0.15, -0.1) is 0 Å². The molecule has 0 aliphatic rings. The summed E-state index contributed by atoms with van der Waals surface area (Å²) in [5.41, 5.74) is 1.61. The highest BCUT2D eigenvalue weighted by Crippen LogP contribution is 2.11. The van der Waals surface area contributed by atoms with Crippen LogP contribution in [0.2, 0.25) is 0 Å². The van der Waals surface area contributed by atoms with Crippen LogP contribution in [0, 0.1) is 3.57 Å². The van der Waals surface area contributed by atoms with Gasteiger partial charge in [-0.25, -0.2) is 0 Å². The lowest BCUT2D eigenvalue weighted by atomic mass is 10.2. The fourth-order valence-electron chi connectivity index (χ4n) is 2.07. The first kappa shape index (κ1) is 18.9. The van der Waals surface area contributed by atoms with Gasteiger partial charge in [-0.3, -0.25) is 14.4 Å². The largest absolute Gasteiger partial charge is 0.352 e. The van der Waals surface area contributed by atoms with Gasteiger partial charge in [-0.2, -0.15) is 0 Å². The molecule has 0 aromatic heterocycles. The number of hydrogen-bond acceptors (Lipinski definition) is 3. The predicted molar refractivity (Wildman–Crippen MR) is 105 cm³/mol. The van der Waals surface area contributed by atoms with Gasteiger partial charge in [-0.05, 0) is 65.9 Å². The van der Waals surface area contributed by atoms with Crippen LogP contribution in [0.5, 0.6) is 0 Å². The molecule has 2 aromatic rings. The van der Waals surface area contributed by atoms with Crippen molar-refractivity contribution in [2.45, 2.75) is 6.92 Å². The van der Waals surface area contributed by atoms with E-state index in [0.29, 0.717) is 23.4 Å². The molecule has 3 N–H and O–H groups in total. The molecule has 7 heteroatoms. The van der Waals surface area contributed by atoms with Gasteiger partial charge in [0, 0.05) is 21.4 Å². The molecule has 0 atom stereocenters. The molecule has 2 aromatic carbocycles. The van der Waals surface area contributed by atoms with Crippen molar-refractivity contribution in [1.82, 2.24) is 10.6 Å². The number of carbonyl (C=O) groups excluding carboxylic acids is 3. The van der Waals surface area contributed by atoms with E-state index >= 15 is 0 Å². The average Bonchev–Trinajstić information content (AvgIpc) is 2.61. The van der Waals surface area contributed by atoms with Gasteiger partial charge >= 0.3 is 0 Å². The van der Waals surface area contributed by atoms with Gasteiger partial charge in [0.15, 0.2) is 0 Å². The number of anilines is 1. The van der Waals surface area contributed by atoms with E-state index in [1.165, 1.54) is 0 Å². The summed E-state index contributed by atoms with van der Waals surface area (Å²) in [5, 5.41) is 7.96. The first-order valence-corrected chi connectivity index (χ1v) is 8.80. The molecule has 130 valence electrons. The molecule has 0 aliphatic carbocycles. The first-order chi connectivity index (χ1) is 12.0. The Balaban J connectivity index is 1.87. The fraction of sp³-hybridized carbons (Fsp3) is 0.167. The summed E-state index contributed by atoms with van der Waals surface area (Å²) in [6, 6.07) is 13.7. The van der Waals surface area contributed by atoms with E-state index in [2.05, 4.69) is 38.5 Å². The molecule has 0 saturated heterocycles. The molecule has 0 unspecified atom stereocenters. The minimum atomic E-state index is -0.343. The highest BCUT2D eigenvalue weighted by molar-refractivity contribution is 14.1. The summed E-state index contributed by atoms with van der Waals surface area (Å²) in [5.74, 6) is -0.804. The van der Waals surface area contributed by atoms with Crippen LogP contribution in [0.3, 0.4) is 0 Å². The molecular formula is C18H18IN3O3. The quantitative estimate of drug-likeness (QED) is 0.590. The van der Waals surface area contributed by atoms with Gasteiger partial charge < -0.3 is 16.0 Å². The maximum absolute atomic E-state index is 12.1. The van der Waals surface area contributed by atoms with Gasteiger partial charge in [0.05, 0.1) is 12.1 Å². The lowest BCUT2D eigenvalue weighted by Crippen LogP contribution is -2.33. The zero-order valence-electron chi connectivity index (χ0n) is 13.6. The third-order valence-electron chi connectivity index (χ3n) is 3.30. The molecule has 0 saturated carbocycles. The van der Waals surface area contributed by atoms with Crippen molar-refractivity contribution >= 4 is 46.0 Å². The van der Waals surface area contributed by atoms with Crippen LogP contribution in [0.4, 0.5) is 5.69 Å². The first-order valence-electron chi connectivity index (χ1n) is 7.72. The van der Waals surface area contributed by atoms with Crippen molar-refractivity contribution in [1.29, 1.82) is 0 Å². The standard InChI is InChI=1S/C18H18IN3O3/c1-2-20-17(24)12-7-9-13(10-8-12)22-16(23)11-21-18(25)14-5-3-4-6-15(14)19/h3-10H,2,11H2,1H3,(H,20,24)(H,21,25)(H,22,23). The number of hydrogen-bond donors (Lipinski definition) is 3. The molecule has 6 nitrogen and oxygen atoms in total. The fourth-order valence-corrected chi connectivity index (χ4v) is 2.71. The molecule has 0 fully saturated rings. The van der Waals surface area contributed by atoms with Crippen LogP contribution in [0.15, 0.2) is 48.5 Å². The summed E-state index contributed by atoms with van der Waals surface area (Å²) >= 11 is 2.07. The predicted octanol–water partition coefficient (Wildman–Crippen LogP) is 2.41. The van der Waals surface area contributed by atoms with Crippen LogP contribution in [0.1, 0.15) is 27.6 Å². The van der Waals surface area contributed by atoms with Crippen LogP contribution in [-0.4, -0.2) is 30.8 Å². The molecule has 0 aliphatic heterocycles. The molecule has 0 radical (unpaired) electrons. The molecule has 0 heterocycles. The number of rotatable bonds is 6. The Morgan fingerprint density at radius 2 is 1.60 bits per heavy atom. The van der Waals surface area contributed by atoms with Gasteiger partial charge in [0.2, 0.25) is 5.91 Å². The van der Waals surface area contributed by atoms with E-state index in [-0.39, 0.29) is 24.3 Å². The normalized spacial score (nSPS) is 10.0. The smallest absolute Gasteiger partial charge is 0.252 e. The minimum absolute atomic E-state index is 0.137.